The second-order valence-corrected chi connectivity index (χ2v) is 9.15. The number of nitrogens with one attached hydrogen (secondary N) is 1. The first-order valence-corrected chi connectivity index (χ1v) is 10.2. The minimum atomic E-state index is -0.262. The van der Waals surface area contributed by atoms with Gasteiger partial charge in [-0.1, -0.05) is 23.5 Å². The Labute approximate surface area is 164 Å². The summed E-state index contributed by atoms with van der Waals surface area (Å²) in [6.45, 7) is 5.89. The molecule has 2 aromatic rings. The van der Waals surface area contributed by atoms with Crippen molar-refractivity contribution in [2.24, 2.45) is 12.0 Å². The van der Waals surface area contributed by atoms with Crippen molar-refractivity contribution in [2.45, 2.75) is 64.1 Å². The standard InChI is InChI=1S/C20H28N4O2S/c1-20(2,3)22-17(26)13-8-10-14(11-9-13)18-23-24(4)19(27-18)21-15-6-5-7-16(25)12-15/h8-11,15-16,25H,5-7,12H2,1-4H3,(H,22,26)/t15?,16-/m1/s1. The summed E-state index contributed by atoms with van der Waals surface area (Å²) in [5, 5.41) is 18.3. The quantitative estimate of drug-likeness (QED) is 0.848. The van der Waals surface area contributed by atoms with E-state index in [2.05, 4.69) is 10.4 Å². The zero-order chi connectivity index (χ0) is 19.6. The summed E-state index contributed by atoms with van der Waals surface area (Å²) in [6, 6.07) is 7.66. The third-order valence-corrected chi connectivity index (χ3v) is 5.56. The third-order valence-electron chi connectivity index (χ3n) is 4.50. The monoisotopic (exact) mass is 388 g/mol. The fourth-order valence-electron chi connectivity index (χ4n) is 3.17. The first-order chi connectivity index (χ1) is 12.7. The molecule has 1 fully saturated rings. The number of hydrogen-bond donors (Lipinski definition) is 2. The molecule has 3 rings (SSSR count). The molecule has 146 valence electrons. The number of benzene rings is 1. The minimum absolute atomic E-state index is 0.0784. The number of amides is 1. The Morgan fingerprint density at radius 2 is 2.00 bits per heavy atom. The van der Waals surface area contributed by atoms with Gasteiger partial charge in [-0.3, -0.25) is 9.79 Å². The normalized spacial score (nSPS) is 21.3. The SMILES string of the molecule is Cn1nc(-c2ccc(C(=O)NC(C)(C)C)cc2)sc1=NC1CCC[C@@H](O)C1. The van der Waals surface area contributed by atoms with Gasteiger partial charge in [0, 0.05) is 23.7 Å². The van der Waals surface area contributed by atoms with Crippen LogP contribution in [-0.4, -0.2) is 38.5 Å². The van der Waals surface area contributed by atoms with Gasteiger partial charge < -0.3 is 10.4 Å². The Morgan fingerprint density at radius 3 is 2.63 bits per heavy atom. The molecule has 0 radical (unpaired) electrons. The first kappa shape index (κ1) is 19.8. The number of aliphatic hydroxyl groups excluding tert-OH is 1. The maximum absolute atomic E-state index is 12.3. The fourth-order valence-corrected chi connectivity index (χ4v) is 4.13. The van der Waals surface area contributed by atoms with Gasteiger partial charge in [0.2, 0.25) is 4.80 Å². The van der Waals surface area contributed by atoms with Gasteiger partial charge >= 0.3 is 0 Å². The van der Waals surface area contributed by atoms with Crippen LogP contribution in [0.3, 0.4) is 0 Å². The van der Waals surface area contributed by atoms with Gasteiger partial charge in [-0.25, -0.2) is 4.68 Å². The Bertz CT molecular complexity index is 861. The Morgan fingerprint density at radius 1 is 1.30 bits per heavy atom. The number of aromatic nitrogens is 2. The summed E-state index contributed by atoms with van der Waals surface area (Å²) < 4.78 is 1.79. The molecule has 1 aliphatic rings. The summed E-state index contributed by atoms with van der Waals surface area (Å²) in [7, 11) is 1.89. The zero-order valence-corrected chi connectivity index (χ0v) is 17.2. The summed E-state index contributed by atoms with van der Waals surface area (Å²) >= 11 is 1.53. The van der Waals surface area contributed by atoms with E-state index >= 15 is 0 Å². The summed E-state index contributed by atoms with van der Waals surface area (Å²) in [6.07, 6.45) is 3.40. The van der Waals surface area contributed by atoms with E-state index in [1.54, 1.807) is 4.68 Å². The highest BCUT2D eigenvalue weighted by molar-refractivity contribution is 7.12. The molecule has 1 aromatic heterocycles. The van der Waals surface area contributed by atoms with Crippen LogP contribution in [0, 0.1) is 0 Å². The molecule has 1 aliphatic carbocycles. The largest absolute Gasteiger partial charge is 0.393 e. The highest BCUT2D eigenvalue weighted by atomic mass is 32.1. The maximum atomic E-state index is 12.3. The van der Waals surface area contributed by atoms with E-state index < -0.39 is 0 Å². The first-order valence-electron chi connectivity index (χ1n) is 9.40. The molecule has 7 heteroatoms. The molecule has 2 N–H and O–H groups in total. The predicted octanol–water partition coefficient (Wildman–Crippen LogP) is 2.88. The molecule has 0 aliphatic heterocycles. The van der Waals surface area contributed by atoms with E-state index in [1.807, 2.05) is 52.1 Å². The van der Waals surface area contributed by atoms with Crippen LogP contribution in [-0.2, 0) is 7.05 Å². The molecule has 0 bridgehead atoms. The third kappa shape index (κ3) is 5.26. The highest BCUT2D eigenvalue weighted by Gasteiger charge is 2.20. The number of carbonyl (C=O) groups is 1. The average Bonchev–Trinajstić information content (AvgIpc) is 2.94. The van der Waals surface area contributed by atoms with Gasteiger partial charge in [0.1, 0.15) is 5.01 Å². The second-order valence-electron chi connectivity index (χ2n) is 8.20. The van der Waals surface area contributed by atoms with Gasteiger partial charge in [0.25, 0.3) is 5.91 Å². The van der Waals surface area contributed by atoms with Gasteiger partial charge in [0.05, 0.1) is 12.1 Å². The van der Waals surface area contributed by atoms with Crippen molar-refractivity contribution in [1.82, 2.24) is 15.1 Å². The van der Waals surface area contributed by atoms with E-state index in [4.69, 9.17) is 4.99 Å². The lowest BCUT2D eigenvalue weighted by atomic mass is 9.94. The van der Waals surface area contributed by atoms with Crippen LogP contribution < -0.4 is 10.1 Å². The number of hydrogen-bond acceptors (Lipinski definition) is 5. The minimum Gasteiger partial charge on any atom is -0.393 e. The molecule has 27 heavy (non-hydrogen) atoms. The van der Waals surface area contributed by atoms with E-state index in [0.717, 1.165) is 41.1 Å². The Hall–Kier alpha value is -1.99. The topological polar surface area (TPSA) is 79.5 Å². The summed E-state index contributed by atoms with van der Waals surface area (Å²) in [5.41, 5.74) is 1.34. The summed E-state index contributed by atoms with van der Waals surface area (Å²) in [5.74, 6) is -0.0784. The lowest BCUT2D eigenvalue weighted by Gasteiger charge is -2.22. The van der Waals surface area contributed by atoms with Crippen LogP contribution in [0.15, 0.2) is 29.3 Å². The number of aryl methyl sites for hydroxylation is 1. The van der Waals surface area contributed by atoms with Crippen LogP contribution in [0.4, 0.5) is 0 Å². The van der Waals surface area contributed by atoms with Crippen molar-refractivity contribution >= 4 is 17.2 Å². The smallest absolute Gasteiger partial charge is 0.251 e. The molecule has 6 nitrogen and oxygen atoms in total. The molecule has 0 spiro atoms. The molecule has 1 amide bonds. The Balaban J connectivity index is 1.78. The van der Waals surface area contributed by atoms with Gasteiger partial charge in [-0.15, -0.1) is 0 Å². The van der Waals surface area contributed by atoms with Crippen molar-refractivity contribution in [2.75, 3.05) is 0 Å². The van der Waals surface area contributed by atoms with Crippen LogP contribution >= 0.6 is 11.3 Å². The molecule has 1 aromatic carbocycles. The molecule has 1 unspecified atom stereocenters. The average molecular weight is 389 g/mol. The van der Waals surface area contributed by atoms with Crippen LogP contribution in [0.2, 0.25) is 0 Å². The molecular formula is C20H28N4O2S. The molecule has 1 heterocycles. The van der Waals surface area contributed by atoms with Crippen molar-refractivity contribution < 1.29 is 9.90 Å². The number of aliphatic hydroxyl groups is 1. The van der Waals surface area contributed by atoms with Gasteiger partial charge in [-0.2, -0.15) is 5.10 Å². The van der Waals surface area contributed by atoms with E-state index in [1.165, 1.54) is 11.3 Å². The van der Waals surface area contributed by atoms with Crippen LogP contribution in [0.1, 0.15) is 56.8 Å². The van der Waals surface area contributed by atoms with Crippen molar-refractivity contribution in [3.8, 4) is 10.6 Å². The fraction of sp³-hybridized carbons (Fsp3) is 0.550. The second kappa shape index (κ2) is 7.94. The molecular weight excluding hydrogens is 360 g/mol. The van der Waals surface area contributed by atoms with E-state index in [0.29, 0.717) is 5.56 Å². The van der Waals surface area contributed by atoms with Gasteiger partial charge in [-0.05, 0) is 58.6 Å². The van der Waals surface area contributed by atoms with E-state index in [9.17, 15) is 9.90 Å². The van der Waals surface area contributed by atoms with Crippen molar-refractivity contribution in [3.05, 3.63) is 34.6 Å². The van der Waals surface area contributed by atoms with Gasteiger partial charge in [0.15, 0.2) is 0 Å². The zero-order valence-electron chi connectivity index (χ0n) is 16.4. The van der Waals surface area contributed by atoms with Crippen LogP contribution in [0.25, 0.3) is 10.6 Å². The number of nitrogens with zero attached hydrogens (tertiary/aromatic N) is 3. The van der Waals surface area contributed by atoms with E-state index in [-0.39, 0.29) is 23.6 Å². The molecule has 0 saturated heterocycles. The lowest BCUT2D eigenvalue weighted by molar-refractivity contribution is 0.0919. The van der Waals surface area contributed by atoms with Crippen LogP contribution in [0.5, 0.6) is 0 Å². The Kier molecular flexibility index (Phi) is 5.81. The number of rotatable bonds is 3. The summed E-state index contributed by atoms with van der Waals surface area (Å²) in [4.78, 5) is 17.9. The molecule has 1 saturated carbocycles. The maximum Gasteiger partial charge on any atom is 0.251 e. The van der Waals surface area contributed by atoms with Crippen molar-refractivity contribution in [1.29, 1.82) is 0 Å². The highest BCUT2D eigenvalue weighted by Crippen LogP contribution is 2.22. The predicted molar refractivity (Wildman–Crippen MR) is 108 cm³/mol. The van der Waals surface area contributed by atoms with Crippen molar-refractivity contribution in [3.63, 3.8) is 0 Å². The number of carbonyl (C=O) groups excluding carboxylic acids is 1. The molecule has 2 atom stereocenters. The lowest BCUT2D eigenvalue weighted by Crippen LogP contribution is -2.40.